The van der Waals surface area contributed by atoms with Crippen LogP contribution < -0.4 is 10.2 Å². The van der Waals surface area contributed by atoms with Crippen LogP contribution in [0.25, 0.3) is 16.9 Å². The van der Waals surface area contributed by atoms with Gasteiger partial charge < -0.3 is 4.74 Å². The number of benzene rings is 2. The van der Waals surface area contributed by atoms with E-state index < -0.39 is 0 Å². The van der Waals surface area contributed by atoms with E-state index in [2.05, 4.69) is 15.5 Å². The molecular formula is C23H19N5O2. The van der Waals surface area contributed by atoms with Crippen LogP contribution in [-0.4, -0.2) is 34.0 Å². The van der Waals surface area contributed by atoms with Gasteiger partial charge in [-0.1, -0.05) is 24.3 Å². The highest BCUT2D eigenvalue weighted by Crippen LogP contribution is 2.25. The lowest BCUT2D eigenvalue weighted by atomic mass is 10.1. The summed E-state index contributed by atoms with van der Waals surface area (Å²) in [5, 5.41) is 8.82. The number of carbonyl (C=O) groups is 1. The maximum atomic E-state index is 12.2. The summed E-state index contributed by atoms with van der Waals surface area (Å²) in [4.78, 5) is 16.2. The SMILES string of the molecule is COc1ccc(-c2nn(-c3ccccc3)cc2/C=N\NC(=O)c2ccccn2)cc1. The minimum atomic E-state index is -0.381. The van der Waals surface area contributed by atoms with Crippen molar-refractivity contribution < 1.29 is 9.53 Å². The Kier molecular flexibility index (Phi) is 5.61. The average molecular weight is 397 g/mol. The van der Waals surface area contributed by atoms with Crippen LogP contribution in [0.3, 0.4) is 0 Å². The third-order valence-corrected chi connectivity index (χ3v) is 4.39. The molecule has 2 heterocycles. The van der Waals surface area contributed by atoms with Crippen molar-refractivity contribution in [1.82, 2.24) is 20.2 Å². The molecule has 0 radical (unpaired) electrons. The van der Waals surface area contributed by atoms with Gasteiger partial charge in [0.2, 0.25) is 0 Å². The van der Waals surface area contributed by atoms with E-state index in [1.54, 1.807) is 42.4 Å². The molecule has 0 saturated heterocycles. The Bertz CT molecular complexity index is 1150. The molecule has 2 aromatic carbocycles. The molecule has 1 N–H and O–H groups in total. The minimum Gasteiger partial charge on any atom is -0.497 e. The predicted molar refractivity (Wildman–Crippen MR) is 115 cm³/mol. The maximum absolute atomic E-state index is 12.2. The van der Waals surface area contributed by atoms with Gasteiger partial charge in [-0.15, -0.1) is 0 Å². The van der Waals surface area contributed by atoms with Gasteiger partial charge in [-0.25, -0.2) is 10.1 Å². The number of para-hydroxylation sites is 1. The number of rotatable bonds is 6. The van der Waals surface area contributed by atoms with E-state index in [0.717, 1.165) is 28.3 Å². The number of hydrogen-bond donors (Lipinski definition) is 1. The van der Waals surface area contributed by atoms with E-state index >= 15 is 0 Å². The zero-order valence-corrected chi connectivity index (χ0v) is 16.3. The smallest absolute Gasteiger partial charge is 0.289 e. The van der Waals surface area contributed by atoms with Gasteiger partial charge in [0, 0.05) is 23.5 Å². The summed E-state index contributed by atoms with van der Waals surface area (Å²) >= 11 is 0. The summed E-state index contributed by atoms with van der Waals surface area (Å²) in [5.41, 5.74) is 6.12. The number of methoxy groups -OCH3 is 1. The molecule has 0 unspecified atom stereocenters. The highest BCUT2D eigenvalue weighted by molar-refractivity contribution is 5.94. The van der Waals surface area contributed by atoms with Crippen molar-refractivity contribution in [3.8, 4) is 22.7 Å². The summed E-state index contributed by atoms with van der Waals surface area (Å²) < 4.78 is 7.02. The highest BCUT2D eigenvalue weighted by Gasteiger charge is 2.12. The lowest BCUT2D eigenvalue weighted by Crippen LogP contribution is -2.18. The number of nitrogens with one attached hydrogen (secondary N) is 1. The van der Waals surface area contributed by atoms with Crippen LogP contribution in [0, 0.1) is 0 Å². The second kappa shape index (κ2) is 8.83. The third kappa shape index (κ3) is 4.25. The first-order valence-electron chi connectivity index (χ1n) is 9.28. The fourth-order valence-corrected chi connectivity index (χ4v) is 2.88. The number of pyridine rings is 1. The van der Waals surface area contributed by atoms with Crippen molar-refractivity contribution in [2.45, 2.75) is 0 Å². The zero-order valence-electron chi connectivity index (χ0n) is 16.3. The highest BCUT2D eigenvalue weighted by atomic mass is 16.5. The van der Waals surface area contributed by atoms with Crippen LogP contribution in [0.5, 0.6) is 5.75 Å². The number of hydrazone groups is 1. The molecule has 0 bridgehead atoms. The number of aromatic nitrogens is 3. The van der Waals surface area contributed by atoms with Crippen LogP contribution in [0.2, 0.25) is 0 Å². The quantitative estimate of drug-likeness (QED) is 0.397. The standard InChI is InChI=1S/C23H19N5O2/c1-30-20-12-10-17(11-13-20)22-18(16-28(27-22)19-7-3-2-4-8-19)15-25-26-23(29)21-9-5-6-14-24-21/h2-16H,1H3,(H,26,29)/b25-15-. The molecule has 0 saturated carbocycles. The van der Waals surface area contributed by atoms with Gasteiger partial charge in [0.25, 0.3) is 5.91 Å². The first kappa shape index (κ1) is 19.1. The zero-order chi connectivity index (χ0) is 20.8. The molecule has 0 atom stereocenters. The van der Waals surface area contributed by atoms with Gasteiger partial charge >= 0.3 is 0 Å². The van der Waals surface area contributed by atoms with Crippen LogP contribution in [-0.2, 0) is 0 Å². The Balaban J connectivity index is 1.64. The number of ether oxygens (including phenoxy) is 1. The Labute approximate surface area is 173 Å². The molecule has 0 spiro atoms. The van der Waals surface area contributed by atoms with Crippen molar-refractivity contribution in [2.24, 2.45) is 5.10 Å². The van der Waals surface area contributed by atoms with Gasteiger partial charge in [-0.2, -0.15) is 10.2 Å². The molecule has 7 heteroatoms. The normalized spacial score (nSPS) is 10.8. The summed E-state index contributed by atoms with van der Waals surface area (Å²) in [6, 6.07) is 22.5. The second-order valence-corrected chi connectivity index (χ2v) is 6.36. The van der Waals surface area contributed by atoms with Crippen molar-refractivity contribution in [3.05, 3.63) is 96.4 Å². The third-order valence-electron chi connectivity index (χ3n) is 4.39. The topological polar surface area (TPSA) is 81.4 Å². The summed E-state index contributed by atoms with van der Waals surface area (Å²) in [6.45, 7) is 0. The first-order chi connectivity index (χ1) is 14.7. The Hall–Kier alpha value is -4.26. The summed E-state index contributed by atoms with van der Waals surface area (Å²) in [5.74, 6) is 0.382. The van der Waals surface area contributed by atoms with E-state index in [9.17, 15) is 4.79 Å². The summed E-state index contributed by atoms with van der Waals surface area (Å²) in [6.07, 6.45) is 5.00. The monoisotopic (exact) mass is 397 g/mol. The number of hydrogen-bond acceptors (Lipinski definition) is 5. The largest absolute Gasteiger partial charge is 0.497 e. The molecule has 0 aliphatic heterocycles. The van der Waals surface area contributed by atoms with Crippen molar-refractivity contribution in [2.75, 3.05) is 7.11 Å². The van der Waals surface area contributed by atoms with Crippen LogP contribution in [0.1, 0.15) is 16.1 Å². The molecule has 4 rings (SSSR count). The van der Waals surface area contributed by atoms with E-state index in [4.69, 9.17) is 9.84 Å². The molecule has 2 aromatic heterocycles. The molecule has 1 amide bonds. The minimum absolute atomic E-state index is 0.296. The Morgan fingerprint density at radius 1 is 1.03 bits per heavy atom. The van der Waals surface area contributed by atoms with Gasteiger partial charge in [-0.05, 0) is 48.5 Å². The second-order valence-electron chi connectivity index (χ2n) is 6.36. The molecule has 0 aliphatic rings. The molecule has 7 nitrogen and oxygen atoms in total. The predicted octanol–water partition coefficient (Wildman–Crippen LogP) is 3.71. The van der Waals surface area contributed by atoms with Crippen LogP contribution in [0.15, 0.2) is 90.3 Å². The van der Waals surface area contributed by atoms with Gasteiger partial charge in [0.15, 0.2) is 0 Å². The first-order valence-corrected chi connectivity index (χ1v) is 9.28. The number of carbonyl (C=O) groups excluding carboxylic acids is 1. The molecule has 148 valence electrons. The maximum Gasteiger partial charge on any atom is 0.289 e. The summed E-state index contributed by atoms with van der Waals surface area (Å²) in [7, 11) is 1.63. The number of nitrogens with zero attached hydrogens (tertiary/aromatic N) is 4. The van der Waals surface area contributed by atoms with Crippen LogP contribution in [0.4, 0.5) is 0 Å². The van der Waals surface area contributed by atoms with Crippen molar-refractivity contribution in [1.29, 1.82) is 0 Å². The van der Waals surface area contributed by atoms with Crippen molar-refractivity contribution >= 4 is 12.1 Å². The molecule has 0 fully saturated rings. The molecule has 0 aliphatic carbocycles. The van der Waals surface area contributed by atoms with Crippen LogP contribution >= 0.6 is 0 Å². The van der Waals surface area contributed by atoms with E-state index in [-0.39, 0.29) is 5.91 Å². The fourth-order valence-electron chi connectivity index (χ4n) is 2.88. The molecule has 4 aromatic rings. The Morgan fingerprint density at radius 2 is 1.80 bits per heavy atom. The van der Waals surface area contributed by atoms with E-state index in [0.29, 0.717) is 5.69 Å². The lowest BCUT2D eigenvalue weighted by Gasteiger charge is -2.02. The molecule has 30 heavy (non-hydrogen) atoms. The molecular weight excluding hydrogens is 378 g/mol. The van der Waals surface area contributed by atoms with E-state index in [1.807, 2.05) is 60.8 Å². The van der Waals surface area contributed by atoms with Gasteiger partial charge in [0.05, 0.1) is 19.0 Å². The van der Waals surface area contributed by atoms with E-state index in [1.165, 1.54) is 0 Å². The van der Waals surface area contributed by atoms with Gasteiger partial charge in [0.1, 0.15) is 17.1 Å². The van der Waals surface area contributed by atoms with Gasteiger partial charge in [-0.3, -0.25) is 9.78 Å². The number of amides is 1. The lowest BCUT2D eigenvalue weighted by molar-refractivity contribution is 0.0950. The fraction of sp³-hybridized carbons (Fsp3) is 0.0435. The van der Waals surface area contributed by atoms with Crippen molar-refractivity contribution in [3.63, 3.8) is 0 Å². The Morgan fingerprint density at radius 3 is 2.50 bits per heavy atom. The average Bonchev–Trinajstić information content (AvgIpc) is 3.24.